The average Bonchev–Trinajstić information content (AvgIpc) is 3.27. The standard InChI is InChI=1S/C13H18N4O3/c1-2-16(8-9-3-4-9)13(18)11-7-10(17(19)20)5-6-12(11)15-14/h5-7,9,15H,2-4,8,14H2,1H3. The summed E-state index contributed by atoms with van der Waals surface area (Å²) in [7, 11) is 0. The van der Waals surface area contributed by atoms with Crippen LogP contribution in [0.5, 0.6) is 0 Å². The maximum Gasteiger partial charge on any atom is 0.270 e. The number of nitrogen functional groups attached to an aromatic ring is 1. The minimum Gasteiger partial charge on any atom is -0.339 e. The first-order chi connectivity index (χ1) is 9.56. The zero-order valence-corrected chi connectivity index (χ0v) is 11.3. The summed E-state index contributed by atoms with van der Waals surface area (Å²) in [5.74, 6) is 5.72. The molecular weight excluding hydrogens is 260 g/mol. The van der Waals surface area contributed by atoms with Gasteiger partial charge in [-0.3, -0.25) is 20.8 Å². The number of nitrogens with one attached hydrogen (secondary N) is 1. The molecule has 0 heterocycles. The Morgan fingerprint density at radius 3 is 2.75 bits per heavy atom. The van der Waals surface area contributed by atoms with Crippen molar-refractivity contribution >= 4 is 17.3 Å². The first-order valence-electron chi connectivity index (χ1n) is 6.61. The maximum atomic E-state index is 12.5. The molecule has 0 atom stereocenters. The highest BCUT2D eigenvalue weighted by atomic mass is 16.6. The molecule has 108 valence electrons. The Labute approximate surface area is 116 Å². The Morgan fingerprint density at radius 2 is 2.25 bits per heavy atom. The maximum absolute atomic E-state index is 12.5. The highest BCUT2D eigenvalue weighted by Crippen LogP contribution is 2.31. The van der Waals surface area contributed by atoms with Crippen molar-refractivity contribution in [3.63, 3.8) is 0 Å². The molecule has 1 aromatic carbocycles. The molecule has 1 saturated carbocycles. The summed E-state index contributed by atoms with van der Waals surface area (Å²) in [5, 5.41) is 10.8. The van der Waals surface area contributed by atoms with Crippen molar-refractivity contribution in [2.45, 2.75) is 19.8 Å². The van der Waals surface area contributed by atoms with Gasteiger partial charge in [-0.15, -0.1) is 0 Å². The van der Waals surface area contributed by atoms with E-state index in [4.69, 9.17) is 5.84 Å². The van der Waals surface area contributed by atoms with Gasteiger partial charge in [-0.25, -0.2) is 0 Å². The van der Waals surface area contributed by atoms with E-state index in [0.29, 0.717) is 24.7 Å². The van der Waals surface area contributed by atoms with Gasteiger partial charge in [-0.1, -0.05) is 0 Å². The monoisotopic (exact) mass is 278 g/mol. The van der Waals surface area contributed by atoms with Gasteiger partial charge in [-0.05, 0) is 31.7 Å². The van der Waals surface area contributed by atoms with Crippen LogP contribution in [-0.2, 0) is 0 Å². The number of rotatable bonds is 6. The van der Waals surface area contributed by atoms with Crippen LogP contribution in [0.4, 0.5) is 11.4 Å². The third-order valence-electron chi connectivity index (χ3n) is 3.44. The second-order valence-corrected chi connectivity index (χ2v) is 4.92. The summed E-state index contributed by atoms with van der Waals surface area (Å²) >= 11 is 0. The van der Waals surface area contributed by atoms with Crippen LogP contribution in [0.15, 0.2) is 18.2 Å². The molecule has 1 aliphatic carbocycles. The van der Waals surface area contributed by atoms with Crippen LogP contribution in [0.2, 0.25) is 0 Å². The highest BCUT2D eigenvalue weighted by Gasteiger charge is 2.28. The van der Waals surface area contributed by atoms with Gasteiger partial charge in [0.15, 0.2) is 0 Å². The Morgan fingerprint density at radius 1 is 1.55 bits per heavy atom. The van der Waals surface area contributed by atoms with Crippen LogP contribution in [-0.4, -0.2) is 28.8 Å². The van der Waals surface area contributed by atoms with E-state index in [1.54, 1.807) is 4.90 Å². The van der Waals surface area contributed by atoms with Gasteiger partial charge < -0.3 is 10.3 Å². The Balaban J connectivity index is 2.29. The Bertz CT molecular complexity index is 528. The molecule has 1 aromatic rings. The van der Waals surface area contributed by atoms with Gasteiger partial charge in [0.25, 0.3) is 11.6 Å². The van der Waals surface area contributed by atoms with E-state index in [1.807, 2.05) is 6.92 Å². The lowest BCUT2D eigenvalue weighted by Gasteiger charge is -2.22. The van der Waals surface area contributed by atoms with E-state index < -0.39 is 4.92 Å². The third kappa shape index (κ3) is 3.05. The average molecular weight is 278 g/mol. The van der Waals surface area contributed by atoms with E-state index in [0.717, 1.165) is 12.8 Å². The molecule has 1 amide bonds. The van der Waals surface area contributed by atoms with Crippen LogP contribution in [0.1, 0.15) is 30.1 Å². The molecule has 7 heteroatoms. The lowest BCUT2D eigenvalue weighted by Crippen LogP contribution is -2.33. The minimum atomic E-state index is -0.520. The van der Waals surface area contributed by atoms with E-state index in [9.17, 15) is 14.9 Å². The molecule has 2 rings (SSSR count). The van der Waals surface area contributed by atoms with Gasteiger partial charge in [0, 0.05) is 25.2 Å². The van der Waals surface area contributed by atoms with Crippen LogP contribution >= 0.6 is 0 Å². The number of non-ortho nitro benzene ring substituents is 1. The largest absolute Gasteiger partial charge is 0.339 e. The normalized spacial score (nSPS) is 13.9. The molecule has 3 N–H and O–H groups in total. The predicted octanol–water partition coefficient (Wildman–Crippen LogP) is 1.75. The molecule has 0 unspecified atom stereocenters. The minimum absolute atomic E-state index is 0.116. The Kier molecular flexibility index (Phi) is 4.19. The quantitative estimate of drug-likeness (QED) is 0.469. The number of benzene rings is 1. The van der Waals surface area contributed by atoms with Crippen molar-refractivity contribution in [2.24, 2.45) is 11.8 Å². The van der Waals surface area contributed by atoms with Gasteiger partial charge >= 0.3 is 0 Å². The number of hydrazine groups is 1. The number of carbonyl (C=O) groups excluding carboxylic acids is 1. The van der Waals surface area contributed by atoms with E-state index >= 15 is 0 Å². The lowest BCUT2D eigenvalue weighted by atomic mass is 10.1. The van der Waals surface area contributed by atoms with Gasteiger partial charge in [0.1, 0.15) is 0 Å². The molecule has 1 aliphatic rings. The van der Waals surface area contributed by atoms with Crippen LogP contribution in [0.3, 0.4) is 0 Å². The summed E-state index contributed by atoms with van der Waals surface area (Å²) in [6.07, 6.45) is 2.28. The van der Waals surface area contributed by atoms with E-state index in [2.05, 4.69) is 5.43 Å². The zero-order valence-electron chi connectivity index (χ0n) is 11.3. The first kappa shape index (κ1) is 14.3. The van der Waals surface area contributed by atoms with Crippen LogP contribution in [0.25, 0.3) is 0 Å². The van der Waals surface area contributed by atoms with Gasteiger partial charge in [-0.2, -0.15) is 0 Å². The third-order valence-corrected chi connectivity index (χ3v) is 3.44. The lowest BCUT2D eigenvalue weighted by molar-refractivity contribution is -0.384. The topological polar surface area (TPSA) is 102 Å². The van der Waals surface area contributed by atoms with E-state index in [-0.39, 0.29) is 17.2 Å². The number of nitro groups is 1. The summed E-state index contributed by atoms with van der Waals surface area (Å²) in [6, 6.07) is 4.05. The number of amides is 1. The molecule has 0 bridgehead atoms. The summed E-state index contributed by atoms with van der Waals surface area (Å²) in [5.41, 5.74) is 2.94. The fourth-order valence-corrected chi connectivity index (χ4v) is 2.09. The number of hydrogen-bond acceptors (Lipinski definition) is 5. The molecule has 7 nitrogen and oxygen atoms in total. The van der Waals surface area contributed by atoms with Crippen molar-refractivity contribution < 1.29 is 9.72 Å². The molecule has 0 spiro atoms. The van der Waals surface area contributed by atoms with Crippen molar-refractivity contribution in [2.75, 3.05) is 18.5 Å². The molecule has 0 radical (unpaired) electrons. The zero-order chi connectivity index (χ0) is 14.7. The number of hydrogen-bond donors (Lipinski definition) is 2. The number of nitrogens with zero attached hydrogens (tertiary/aromatic N) is 2. The summed E-state index contributed by atoms with van der Waals surface area (Å²) in [6.45, 7) is 3.16. The fourth-order valence-electron chi connectivity index (χ4n) is 2.09. The van der Waals surface area contributed by atoms with Crippen LogP contribution < -0.4 is 11.3 Å². The highest BCUT2D eigenvalue weighted by molar-refractivity contribution is 6.00. The van der Waals surface area contributed by atoms with Crippen molar-refractivity contribution in [1.29, 1.82) is 0 Å². The molecular formula is C13H18N4O3. The molecule has 0 aliphatic heterocycles. The molecule has 20 heavy (non-hydrogen) atoms. The predicted molar refractivity (Wildman–Crippen MR) is 75.2 cm³/mol. The fraction of sp³-hybridized carbons (Fsp3) is 0.462. The van der Waals surface area contributed by atoms with E-state index in [1.165, 1.54) is 18.2 Å². The van der Waals surface area contributed by atoms with Crippen LogP contribution in [0, 0.1) is 16.0 Å². The second-order valence-electron chi connectivity index (χ2n) is 4.92. The molecule has 0 saturated heterocycles. The number of nitro benzene ring substituents is 1. The van der Waals surface area contributed by atoms with Gasteiger partial charge in [0.2, 0.25) is 0 Å². The first-order valence-corrected chi connectivity index (χ1v) is 6.61. The molecule has 1 fully saturated rings. The smallest absolute Gasteiger partial charge is 0.270 e. The number of carbonyl (C=O) groups is 1. The second kappa shape index (κ2) is 5.87. The summed E-state index contributed by atoms with van der Waals surface area (Å²) in [4.78, 5) is 24.5. The van der Waals surface area contributed by atoms with Crippen molar-refractivity contribution in [3.05, 3.63) is 33.9 Å². The molecule has 0 aromatic heterocycles. The van der Waals surface area contributed by atoms with Crippen molar-refractivity contribution in [3.8, 4) is 0 Å². The summed E-state index contributed by atoms with van der Waals surface area (Å²) < 4.78 is 0. The van der Waals surface area contributed by atoms with Crippen molar-refractivity contribution in [1.82, 2.24) is 4.90 Å². The SMILES string of the molecule is CCN(CC1CC1)C(=O)c1cc([N+](=O)[O-])ccc1NN. The van der Waals surface area contributed by atoms with Gasteiger partial charge in [0.05, 0.1) is 16.2 Å². The number of nitrogens with two attached hydrogens (primary N) is 1. The number of anilines is 1. The Hall–Kier alpha value is -2.15.